The van der Waals surface area contributed by atoms with Gasteiger partial charge in [-0.15, -0.1) is 10.2 Å². The average molecular weight is 527 g/mol. The second-order valence-corrected chi connectivity index (χ2v) is 9.83. The Bertz CT molecular complexity index is 1380. The van der Waals surface area contributed by atoms with Crippen LogP contribution in [0.25, 0.3) is 17.1 Å². The summed E-state index contributed by atoms with van der Waals surface area (Å²) < 4.78 is 7.43. The maximum Gasteiger partial charge on any atom is 0.234 e. The van der Waals surface area contributed by atoms with Crippen LogP contribution < -0.4 is 10.1 Å². The zero-order chi connectivity index (χ0) is 25.1. The van der Waals surface area contributed by atoms with Gasteiger partial charge in [0.1, 0.15) is 5.75 Å². The molecular weight excluding hydrogens is 503 g/mol. The molecule has 6 nitrogen and oxygen atoms in total. The van der Waals surface area contributed by atoms with E-state index in [9.17, 15) is 4.79 Å². The van der Waals surface area contributed by atoms with E-state index in [0.717, 1.165) is 28.1 Å². The number of anilines is 1. The molecule has 1 amide bonds. The van der Waals surface area contributed by atoms with E-state index in [1.807, 2.05) is 49.6 Å². The third-order valence-electron chi connectivity index (χ3n) is 5.41. The average Bonchev–Trinajstić information content (AvgIpc) is 3.23. The molecule has 180 valence electrons. The van der Waals surface area contributed by atoms with Gasteiger partial charge < -0.3 is 10.1 Å². The summed E-state index contributed by atoms with van der Waals surface area (Å²) in [6.07, 6.45) is 0. The van der Waals surface area contributed by atoms with Crippen LogP contribution in [0.1, 0.15) is 16.7 Å². The van der Waals surface area contributed by atoms with E-state index in [1.54, 1.807) is 25.3 Å². The Labute approximate surface area is 218 Å². The number of hydrogen-bond donors (Lipinski definition) is 1. The van der Waals surface area contributed by atoms with E-state index in [-0.39, 0.29) is 11.7 Å². The lowest BCUT2D eigenvalue weighted by Crippen LogP contribution is -2.16. The van der Waals surface area contributed by atoms with Crippen LogP contribution in [0.2, 0.25) is 10.0 Å². The molecule has 0 aliphatic carbocycles. The molecule has 1 aromatic heterocycles. The van der Waals surface area contributed by atoms with Gasteiger partial charge in [0.2, 0.25) is 5.91 Å². The highest BCUT2D eigenvalue weighted by Gasteiger charge is 2.21. The number of ether oxygens (including phenoxy) is 1. The van der Waals surface area contributed by atoms with Crippen LogP contribution in [0.15, 0.2) is 59.8 Å². The van der Waals surface area contributed by atoms with Gasteiger partial charge in [0.25, 0.3) is 0 Å². The number of thioether (sulfide) groups is 1. The number of amides is 1. The Kier molecular flexibility index (Phi) is 7.69. The molecule has 9 heteroatoms. The molecule has 3 aromatic carbocycles. The molecule has 0 aliphatic rings. The summed E-state index contributed by atoms with van der Waals surface area (Å²) in [5, 5.41) is 13.3. The molecule has 35 heavy (non-hydrogen) atoms. The molecule has 0 unspecified atom stereocenters. The van der Waals surface area contributed by atoms with E-state index in [4.69, 9.17) is 27.9 Å². The number of nitrogens with zero attached hydrogens (tertiary/aromatic N) is 3. The Balaban J connectivity index is 1.68. The maximum atomic E-state index is 12.9. The summed E-state index contributed by atoms with van der Waals surface area (Å²) in [5.74, 6) is 1.17. The molecule has 4 aromatic rings. The van der Waals surface area contributed by atoms with Crippen molar-refractivity contribution in [3.63, 3.8) is 0 Å². The lowest BCUT2D eigenvalue weighted by Gasteiger charge is -2.15. The van der Waals surface area contributed by atoms with Crippen LogP contribution in [0.4, 0.5) is 5.69 Å². The lowest BCUT2D eigenvalue weighted by molar-refractivity contribution is -0.113. The van der Waals surface area contributed by atoms with Crippen molar-refractivity contribution in [3.8, 4) is 22.8 Å². The van der Waals surface area contributed by atoms with Gasteiger partial charge in [0.15, 0.2) is 11.0 Å². The third-order valence-corrected chi connectivity index (χ3v) is 6.88. The molecule has 0 atom stereocenters. The summed E-state index contributed by atoms with van der Waals surface area (Å²) in [5.41, 5.74) is 5.44. The van der Waals surface area contributed by atoms with E-state index < -0.39 is 0 Å². The molecule has 0 bridgehead atoms. The van der Waals surface area contributed by atoms with Crippen LogP contribution in [0.5, 0.6) is 5.75 Å². The van der Waals surface area contributed by atoms with Crippen molar-refractivity contribution in [2.75, 3.05) is 18.2 Å². The Hall–Kier alpha value is -3.00. The van der Waals surface area contributed by atoms with Gasteiger partial charge in [-0.25, -0.2) is 0 Å². The van der Waals surface area contributed by atoms with Crippen molar-refractivity contribution < 1.29 is 9.53 Å². The number of para-hydroxylation sites is 2. The van der Waals surface area contributed by atoms with Gasteiger partial charge in [-0.05, 0) is 62.2 Å². The topological polar surface area (TPSA) is 69.0 Å². The van der Waals surface area contributed by atoms with E-state index >= 15 is 0 Å². The lowest BCUT2D eigenvalue weighted by atomic mass is 10.1. The van der Waals surface area contributed by atoms with Gasteiger partial charge in [-0.1, -0.05) is 64.8 Å². The first-order chi connectivity index (χ1) is 16.8. The Morgan fingerprint density at radius 2 is 1.74 bits per heavy atom. The highest BCUT2D eigenvalue weighted by atomic mass is 35.5. The SMILES string of the molecule is COc1ccccc1-n1c(SCC(=O)Nc2c(C)cc(C)cc2C)nnc1-c1ccc(Cl)cc1Cl. The number of aromatic nitrogens is 3. The summed E-state index contributed by atoms with van der Waals surface area (Å²) in [4.78, 5) is 12.9. The normalized spacial score (nSPS) is 10.9. The molecule has 1 N–H and O–H groups in total. The number of aryl methyl sites for hydroxylation is 3. The largest absolute Gasteiger partial charge is 0.495 e. The molecule has 0 saturated heterocycles. The quantitative estimate of drug-likeness (QED) is 0.265. The number of nitrogens with one attached hydrogen (secondary N) is 1. The smallest absolute Gasteiger partial charge is 0.234 e. The third kappa shape index (κ3) is 5.48. The van der Waals surface area contributed by atoms with E-state index in [1.165, 1.54) is 11.8 Å². The second-order valence-electron chi connectivity index (χ2n) is 8.05. The highest BCUT2D eigenvalue weighted by Crippen LogP contribution is 2.36. The summed E-state index contributed by atoms with van der Waals surface area (Å²) in [6, 6.07) is 16.8. The molecular formula is C26H24Cl2N4O2S. The predicted molar refractivity (Wildman–Crippen MR) is 143 cm³/mol. The second kappa shape index (κ2) is 10.7. The number of methoxy groups -OCH3 is 1. The molecule has 0 radical (unpaired) electrons. The minimum atomic E-state index is -0.134. The minimum Gasteiger partial charge on any atom is -0.495 e. The standard InChI is InChI=1S/C26H24Cl2N4O2S/c1-15-11-16(2)24(17(3)12-15)29-23(33)14-35-26-31-30-25(19-10-9-18(27)13-20(19)28)32(26)21-7-5-6-8-22(21)34-4/h5-13H,14H2,1-4H3,(H,29,33). The van der Waals surface area contributed by atoms with Gasteiger partial charge in [-0.3, -0.25) is 9.36 Å². The molecule has 0 spiro atoms. The molecule has 4 rings (SSSR count). The summed E-state index contributed by atoms with van der Waals surface area (Å²) in [6.45, 7) is 6.02. The van der Waals surface area contributed by atoms with E-state index in [2.05, 4.69) is 27.6 Å². The first-order valence-corrected chi connectivity index (χ1v) is 12.6. The monoisotopic (exact) mass is 526 g/mol. The maximum absolute atomic E-state index is 12.9. The fourth-order valence-corrected chi connectivity index (χ4v) is 5.16. The van der Waals surface area contributed by atoms with Crippen LogP contribution in [-0.4, -0.2) is 33.5 Å². The number of carbonyl (C=O) groups excluding carboxylic acids is 1. The predicted octanol–water partition coefficient (Wildman–Crippen LogP) is 6.91. The number of halogens is 2. The zero-order valence-corrected chi connectivity index (χ0v) is 22.1. The fourth-order valence-electron chi connectivity index (χ4n) is 3.92. The number of rotatable bonds is 7. The zero-order valence-electron chi connectivity index (χ0n) is 19.7. The summed E-state index contributed by atoms with van der Waals surface area (Å²) >= 11 is 13.9. The fraction of sp³-hybridized carbons (Fsp3) is 0.192. The van der Waals surface area contributed by atoms with Crippen LogP contribution in [-0.2, 0) is 4.79 Å². The Morgan fingerprint density at radius 1 is 1.03 bits per heavy atom. The van der Waals surface area contributed by atoms with Crippen molar-refractivity contribution >= 4 is 46.6 Å². The van der Waals surface area contributed by atoms with Crippen molar-refractivity contribution in [1.82, 2.24) is 14.8 Å². The van der Waals surface area contributed by atoms with Crippen LogP contribution >= 0.6 is 35.0 Å². The van der Waals surface area contributed by atoms with Gasteiger partial charge in [0, 0.05) is 16.3 Å². The number of benzene rings is 3. The van der Waals surface area contributed by atoms with Crippen LogP contribution in [0, 0.1) is 20.8 Å². The minimum absolute atomic E-state index is 0.134. The van der Waals surface area contributed by atoms with Gasteiger partial charge >= 0.3 is 0 Å². The number of carbonyl (C=O) groups is 1. The first-order valence-electron chi connectivity index (χ1n) is 10.8. The molecule has 1 heterocycles. The molecule has 0 aliphatic heterocycles. The molecule has 0 fully saturated rings. The Morgan fingerprint density at radius 3 is 2.43 bits per heavy atom. The van der Waals surface area contributed by atoms with Gasteiger partial charge in [0.05, 0.1) is 23.6 Å². The van der Waals surface area contributed by atoms with Crippen molar-refractivity contribution in [2.45, 2.75) is 25.9 Å². The van der Waals surface area contributed by atoms with Crippen LogP contribution in [0.3, 0.4) is 0 Å². The number of hydrogen-bond acceptors (Lipinski definition) is 5. The van der Waals surface area contributed by atoms with Gasteiger partial charge in [-0.2, -0.15) is 0 Å². The highest BCUT2D eigenvalue weighted by molar-refractivity contribution is 7.99. The summed E-state index contributed by atoms with van der Waals surface area (Å²) in [7, 11) is 1.60. The molecule has 0 saturated carbocycles. The van der Waals surface area contributed by atoms with Crippen molar-refractivity contribution in [2.24, 2.45) is 0 Å². The van der Waals surface area contributed by atoms with E-state index in [0.29, 0.717) is 32.3 Å². The first kappa shape index (κ1) is 25.1. The van der Waals surface area contributed by atoms with Crippen molar-refractivity contribution in [1.29, 1.82) is 0 Å². The van der Waals surface area contributed by atoms with Crippen molar-refractivity contribution in [3.05, 3.63) is 81.3 Å².